The lowest BCUT2D eigenvalue weighted by Crippen LogP contribution is -2.68. The SMILES string of the molecule is CC(C)(C)OC(=O)N1CC2(CCNCC2)C1N=O. The summed E-state index contributed by atoms with van der Waals surface area (Å²) in [5.74, 6) is 0. The largest absolute Gasteiger partial charge is 0.444 e. The molecular formula is C12H21N3O3. The van der Waals surface area contributed by atoms with Gasteiger partial charge in [-0.3, -0.25) is 4.90 Å². The number of hydrogen-bond acceptors (Lipinski definition) is 5. The van der Waals surface area contributed by atoms with Crippen LogP contribution in [0.3, 0.4) is 0 Å². The van der Waals surface area contributed by atoms with E-state index in [0.717, 1.165) is 25.9 Å². The predicted octanol–water partition coefficient (Wildman–Crippen LogP) is 1.70. The van der Waals surface area contributed by atoms with Crippen LogP contribution in [0.15, 0.2) is 5.18 Å². The molecule has 1 unspecified atom stereocenters. The summed E-state index contributed by atoms with van der Waals surface area (Å²) in [6.45, 7) is 7.79. The van der Waals surface area contributed by atoms with Crippen molar-refractivity contribution in [3.8, 4) is 0 Å². The number of hydrogen-bond donors (Lipinski definition) is 1. The molecule has 0 saturated carbocycles. The molecule has 6 nitrogen and oxygen atoms in total. The Morgan fingerprint density at radius 1 is 1.39 bits per heavy atom. The van der Waals surface area contributed by atoms with E-state index in [2.05, 4.69) is 10.5 Å². The smallest absolute Gasteiger partial charge is 0.412 e. The average molecular weight is 255 g/mol. The maximum atomic E-state index is 11.9. The summed E-state index contributed by atoms with van der Waals surface area (Å²) in [7, 11) is 0. The van der Waals surface area contributed by atoms with E-state index in [4.69, 9.17) is 4.74 Å². The molecule has 2 saturated heterocycles. The third kappa shape index (κ3) is 2.34. The highest BCUT2D eigenvalue weighted by molar-refractivity contribution is 5.70. The van der Waals surface area contributed by atoms with Crippen molar-refractivity contribution >= 4 is 6.09 Å². The molecule has 2 aliphatic rings. The highest BCUT2D eigenvalue weighted by atomic mass is 16.6. The Kier molecular flexibility index (Phi) is 3.31. The van der Waals surface area contributed by atoms with E-state index in [-0.39, 0.29) is 5.41 Å². The zero-order chi connectivity index (χ0) is 13.4. The second kappa shape index (κ2) is 4.50. The van der Waals surface area contributed by atoms with E-state index < -0.39 is 17.9 Å². The fourth-order valence-electron chi connectivity index (χ4n) is 2.72. The van der Waals surface area contributed by atoms with Crippen molar-refractivity contribution in [3.63, 3.8) is 0 Å². The molecule has 0 aromatic heterocycles. The lowest BCUT2D eigenvalue weighted by molar-refractivity contribution is -0.0915. The number of nitrogens with zero attached hydrogens (tertiary/aromatic N) is 2. The lowest BCUT2D eigenvalue weighted by Gasteiger charge is -2.55. The molecule has 1 spiro atoms. The van der Waals surface area contributed by atoms with Crippen LogP contribution < -0.4 is 5.32 Å². The quantitative estimate of drug-likeness (QED) is 0.724. The molecule has 18 heavy (non-hydrogen) atoms. The maximum absolute atomic E-state index is 11.9. The molecule has 2 aliphatic heterocycles. The van der Waals surface area contributed by atoms with Gasteiger partial charge in [0.25, 0.3) is 0 Å². The van der Waals surface area contributed by atoms with Crippen molar-refractivity contribution in [1.82, 2.24) is 10.2 Å². The molecule has 2 heterocycles. The summed E-state index contributed by atoms with van der Waals surface area (Å²) in [5, 5.41) is 6.41. The van der Waals surface area contributed by atoms with Crippen LogP contribution in [0, 0.1) is 10.3 Å². The van der Waals surface area contributed by atoms with Crippen molar-refractivity contribution < 1.29 is 9.53 Å². The van der Waals surface area contributed by atoms with Gasteiger partial charge in [0, 0.05) is 12.0 Å². The van der Waals surface area contributed by atoms with Crippen LogP contribution in [0.4, 0.5) is 4.79 Å². The molecule has 0 bridgehead atoms. The van der Waals surface area contributed by atoms with Crippen molar-refractivity contribution in [1.29, 1.82) is 0 Å². The van der Waals surface area contributed by atoms with Gasteiger partial charge >= 0.3 is 6.09 Å². The van der Waals surface area contributed by atoms with Crippen LogP contribution in [0.2, 0.25) is 0 Å². The highest BCUT2D eigenvalue weighted by Crippen LogP contribution is 2.45. The standard InChI is InChI=1S/C12H21N3O3/c1-11(2,3)18-10(16)15-8-12(9(15)14-17)4-6-13-7-5-12/h9,13H,4-8H2,1-3H3. The van der Waals surface area contributed by atoms with Gasteiger partial charge in [0.1, 0.15) is 5.60 Å². The third-order valence-corrected chi connectivity index (χ3v) is 3.66. The molecule has 0 aromatic carbocycles. The highest BCUT2D eigenvalue weighted by Gasteiger charge is 2.57. The molecule has 1 atom stereocenters. The molecule has 1 amide bonds. The van der Waals surface area contributed by atoms with Gasteiger partial charge in [-0.1, -0.05) is 0 Å². The number of likely N-dealkylation sites (tertiary alicyclic amines) is 1. The Hall–Kier alpha value is -1.17. The maximum Gasteiger partial charge on any atom is 0.412 e. The Bertz CT molecular complexity index is 345. The molecule has 6 heteroatoms. The normalized spacial score (nSPS) is 26.6. The number of nitrogens with one attached hydrogen (secondary N) is 1. The minimum absolute atomic E-state index is 0.121. The molecule has 0 radical (unpaired) electrons. The number of rotatable bonds is 1. The van der Waals surface area contributed by atoms with Gasteiger partial charge in [0.2, 0.25) is 0 Å². The van der Waals surface area contributed by atoms with E-state index in [1.165, 1.54) is 4.90 Å². The first-order valence-corrected chi connectivity index (χ1v) is 6.41. The number of ether oxygens (including phenoxy) is 1. The summed E-state index contributed by atoms with van der Waals surface area (Å²) in [4.78, 5) is 24.4. The minimum Gasteiger partial charge on any atom is -0.444 e. The number of carbonyl (C=O) groups excluding carboxylic acids is 1. The Balaban J connectivity index is 2.01. The van der Waals surface area contributed by atoms with E-state index in [0.29, 0.717) is 6.54 Å². The second-order valence-corrected chi connectivity index (χ2v) is 6.20. The number of amides is 1. The molecular weight excluding hydrogens is 234 g/mol. The van der Waals surface area contributed by atoms with Crippen molar-refractivity contribution in [2.75, 3.05) is 19.6 Å². The fraction of sp³-hybridized carbons (Fsp3) is 0.917. The molecule has 0 aromatic rings. The van der Waals surface area contributed by atoms with Crippen LogP contribution in [0.1, 0.15) is 33.6 Å². The van der Waals surface area contributed by atoms with Crippen molar-refractivity contribution in [2.45, 2.75) is 45.4 Å². The van der Waals surface area contributed by atoms with E-state index in [9.17, 15) is 9.70 Å². The first kappa shape index (κ1) is 13.3. The zero-order valence-electron chi connectivity index (χ0n) is 11.2. The second-order valence-electron chi connectivity index (χ2n) is 6.20. The van der Waals surface area contributed by atoms with E-state index in [1.807, 2.05) is 20.8 Å². The lowest BCUT2D eigenvalue weighted by atomic mass is 9.69. The van der Waals surface area contributed by atoms with Crippen LogP contribution >= 0.6 is 0 Å². The summed E-state index contributed by atoms with van der Waals surface area (Å²) < 4.78 is 5.28. The molecule has 2 rings (SSSR count). The first-order valence-electron chi connectivity index (χ1n) is 6.41. The Morgan fingerprint density at radius 3 is 2.50 bits per heavy atom. The topological polar surface area (TPSA) is 71.0 Å². The summed E-state index contributed by atoms with van der Waals surface area (Å²) in [5.41, 5.74) is -0.661. The van der Waals surface area contributed by atoms with Gasteiger partial charge in [-0.25, -0.2) is 4.79 Å². The zero-order valence-corrected chi connectivity index (χ0v) is 11.2. The Morgan fingerprint density at radius 2 is 2.00 bits per heavy atom. The van der Waals surface area contributed by atoms with Crippen LogP contribution in [-0.2, 0) is 4.74 Å². The molecule has 1 N–H and O–H groups in total. The summed E-state index contributed by atoms with van der Waals surface area (Å²) >= 11 is 0. The summed E-state index contributed by atoms with van der Waals surface area (Å²) in [6.07, 6.45) is 0.788. The van der Waals surface area contributed by atoms with E-state index >= 15 is 0 Å². The van der Waals surface area contributed by atoms with Gasteiger partial charge in [-0.05, 0) is 51.9 Å². The van der Waals surface area contributed by atoms with Gasteiger partial charge in [-0.2, -0.15) is 0 Å². The van der Waals surface area contributed by atoms with E-state index in [1.54, 1.807) is 0 Å². The van der Waals surface area contributed by atoms with Gasteiger partial charge in [-0.15, -0.1) is 4.91 Å². The van der Waals surface area contributed by atoms with Crippen LogP contribution in [0.5, 0.6) is 0 Å². The van der Waals surface area contributed by atoms with Gasteiger partial charge in [0.15, 0.2) is 6.17 Å². The predicted molar refractivity (Wildman–Crippen MR) is 67.1 cm³/mol. The molecule has 0 aliphatic carbocycles. The Labute approximate surface area is 107 Å². The average Bonchev–Trinajstić information content (AvgIpc) is 2.25. The van der Waals surface area contributed by atoms with Crippen LogP contribution in [0.25, 0.3) is 0 Å². The number of nitroso groups, excluding NO2 is 1. The van der Waals surface area contributed by atoms with Gasteiger partial charge < -0.3 is 10.1 Å². The fourth-order valence-corrected chi connectivity index (χ4v) is 2.72. The monoisotopic (exact) mass is 255 g/mol. The minimum atomic E-state index is -0.561. The molecule has 2 fully saturated rings. The third-order valence-electron chi connectivity index (χ3n) is 3.66. The van der Waals surface area contributed by atoms with Crippen LogP contribution in [-0.4, -0.2) is 42.4 Å². The van der Waals surface area contributed by atoms with Gasteiger partial charge in [0.05, 0.1) is 0 Å². The van der Waals surface area contributed by atoms with Crippen molar-refractivity contribution in [2.24, 2.45) is 10.6 Å². The number of carbonyl (C=O) groups is 1. The number of piperidine rings is 1. The molecule has 102 valence electrons. The summed E-state index contributed by atoms with van der Waals surface area (Å²) in [6, 6.07) is 0. The first-order chi connectivity index (χ1) is 8.38. The van der Waals surface area contributed by atoms with Crippen molar-refractivity contribution in [3.05, 3.63) is 4.91 Å².